The number of hydrogen-bond acceptors (Lipinski definition) is 8. The van der Waals surface area contributed by atoms with E-state index in [1.807, 2.05) is 0 Å². The third kappa shape index (κ3) is 11.1. The fraction of sp³-hybridized carbons (Fsp3) is 1.00. The summed E-state index contributed by atoms with van der Waals surface area (Å²) in [6.45, 7) is 30.0. The lowest BCUT2D eigenvalue weighted by molar-refractivity contribution is -0.0620. The number of halogens is 1. The van der Waals surface area contributed by atoms with Gasteiger partial charge in [0.2, 0.25) is 0 Å². The van der Waals surface area contributed by atoms with Crippen LogP contribution in [0.4, 0.5) is 0 Å². The maximum atomic E-state index is 6.55. The Kier molecular flexibility index (Phi) is 14.1. The number of rotatable bonds is 14. The molecule has 0 aromatic carbocycles. The van der Waals surface area contributed by atoms with Crippen LogP contribution in [0.2, 0.25) is 0 Å². The fourth-order valence-corrected chi connectivity index (χ4v) is 12.9. The summed E-state index contributed by atoms with van der Waals surface area (Å²) in [6, 6.07) is 0. The van der Waals surface area contributed by atoms with Crippen molar-refractivity contribution in [2.24, 2.45) is 29.1 Å². The quantitative estimate of drug-likeness (QED) is 0.147. The van der Waals surface area contributed by atoms with Crippen molar-refractivity contribution >= 4 is 22.9 Å². The molecule has 8 aliphatic rings. The summed E-state index contributed by atoms with van der Waals surface area (Å²) >= 11 is 2.47. The van der Waals surface area contributed by atoms with E-state index in [-0.39, 0.29) is 0 Å². The lowest BCUT2D eigenvalue weighted by Gasteiger charge is -2.54. The summed E-state index contributed by atoms with van der Waals surface area (Å²) in [5.41, 5.74) is 1.27. The lowest BCUT2D eigenvalue weighted by Crippen LogP contribution is -2.60. The first kappa shape index (κ1) is 40.2. The van der Waals surface area contributed by atoms with Crippen LogP contribution in [0, 0.1) is 29.1 Å². The highest BCUT2D eigenvalue weighted by Crippen LogP contribution is 2.50. The van der Waals surface area contributed by atoms with Gasteiger partial charge in [-0.05, 0) is 171 Å². The molecule has 8 nitrogen and oxygen atoms in total. The molecule has 0 bridgehead atoms. The molecule has 53 heavy (non-hydrogen) atoms. The minimum absolute atomic E-state index is 0.523. The number of piperidine rings is 4. The van der Waals surface area contributed by atoms with Gasteiger partial charge in [-0.15, -0.1) is 0 Å². The minimum Gasteiger partial charge on any atom is -0.375 e. The van der Waals surface area contributed by atoms with Crippen LogP contribution in [-0.4, -0.2) is 175 Å². The SMILES string of the molecule is CC(C)CN1CCC(CN2CCN(CC3CCN(CCCN4CC5(CCN(CC6CCC(OC7CCN(I)CC7)CC6)CC5)C4)CC3)CC2)CC12CC2. The van der Waals surface area contributed by atoms with E-state index >= 15 is 0 Å². The van der Waals surface area contributed by atoms with Gasteiger partial charge in [-0.25, -0.2) is 3.11 Å². The molecule has 0 N–H and O–H groups in total. The molecule has 0 aromatic heterocycles. The monoisotopic (exact) mass is 850 g/mol. The second kappa shape index (κ2) is 18.6. The Morgan fingerprint density at radius 2 is 1.09 bits per heavy atom. The van der Waals surface area contributed by atoms with Crippen molar-refractivity contribution in [3.05, 3.63) is 0 Å². The molecule has 2 saturated carbocycles. The van der Waals surface area contributed by atoms with Gasteiger partial charge in [0, 0.05) is 107 Å². The summed E-state index contributed by atoms with van der Waals surface area (Å²) in [4.78, 5) is 17.0. The van der Waals surface area contributed by atoms with Gasteiger partial charge in [0.1, 0.15) is 0 Å². The highest BCUT2D eigenvalue weighted by molar-refractivity contribution is 14.1. The smallest absolute Gasteiger partial charge is 0.0603 e. The molecule has 6 aliphatic heterocycles. The van der Waals surface area contributed by atoms with Gasteiger partial charge < -0.3 is 29.2 Å². The molecule has 8 rings (SSSR count). The van der Waals surface area contributed by atoms with Gasteiger partial charge in [-0.2, -0.15) is 0 Å². The minimum atomic E-state index is 0.523. The highest BCUT2D eigenvalue weighted by atomic mass is 127. The normalized spacial score (nSPS) is 33.6. The van der Waals surface area contributed by atoms with Crippen molar-refractivity contribution in [3.63, 3.8) is 0 Å². The van der Waals surface area contributed by atoms with Gasteiger partial charge in [0.25, 0.3) is 0 Å². The molecule has 304 valence electrons. The predicted octanol–water partition coefficient (Wildman–Crippen LogP) is 6.39. The van der Waals surface area contributed by atoms with Gasteiger partial charge in [-0.1, -0.05) is 13.8 Å². The second-order valence-corrected chi connectivity index (χ2v) is 21.9. The van der Waals surface area contributed by atoms with Crippen molar-refractivity contribution in [1.29, 1.82) is 0 Å². The first-order valence-electron chi connectivity index (χ1n) is 23.2. The average molecular weight is 850 g/mol. The Balaban J connectivity index is 0.629. The Morgan fingerprint density at radius 1 is 0.547 bits per heavy atom. The van der Waals surface area contributed by atoms with Crippen LogP contribution in [0.5, 0.6) is 0 Å². The molecule has 9 heteroatoms. The van der Waals surface area contributed by atoms with E-state index in [1.54, 1.807) is 0 Å². The number of nitrogens with zero attached hydrogens (tertiary/aromatic N) is 7. The zero-order valence-corrected chi connectivity index (χ0v) is 36.6. The Bertz CT molecular complexity index is 1090. The average Bonchev–Trinajstić information content (AvgIpc) is 3.92. The molecule has 1 atom stereocenters. The fourth-order valence-electron chi connectivity index (χ4n) is 12.3. The summed E-state index contributed by atoms with van der Waals surface area (Å²) in [5.74, 6) is 3.59. The van der Waals surface area contributed by atoms with Gasteiger partial charge >= 0.3 is 0 Å². The molecule has 6 saturated heterocycles. The van der Waals surface area contributed by atoms with E-state index in [2.05, 4.69) is 69.2 Å². The Morgan fingerprint density at radius 3 is 1.72 bits per heavy atom. The van der Waals surface area contributed by atoms with E-state index in [4.69, 9.17) is 4.74 Å². The van der Waals surface area contributed by atoms with Crippen molar-refractivity contribution < 1.29 is 4.74 Å². The van der Waals surface area contributed by atoms with E-state index in [1.165, 1.54) is 221 Å². The van der Waals surface area contributed by atoms with Crippen molar-refractivity contribution in [3.8, 4) is 0 Å². The standard InChI is InChI=1S/C44H80IN7O/c1-37(2)31-51-21-10-40(30-44(51)13-14-44)34-49-28-26-48(27-29-49)33-39-8-19-46(20-9-39)17-3-18-50-35-43(36-50)15-24-47(25-16-43)32-38-4-6-41(7-5-38)53-42-11-22-52(45)23-12-42/h37-42H,3-36H2,1-2H3. The first-order chi connectivity index (χ1) is 25.8. The van der Waals surface area contributed by atoms with E-state index in [9.17, 15) is 0 Å². The summed E-state index contributed by atoms with van der Waals surface area (Å²) in [7, 11) is 0. The lowest BCUT2D eigenvalue weighted by atomic mass is 9.71. The van der Waals surface area contributed by atoms with Crippen LogP contribution in [0.25, 0.3) is 0 Å². The molecule has 2 aliphatic carbocycles. The van der Waals surface area contributed by atoms with Crippen LogP contribution in [-0.2, 0) is 4.74 Å². The number of piperazine rings is 1. The zero-order valence-electron chi connectivity index (χ0n) is 34.4. The Labute approximate surface area is 339 Å². The number of ether oxygens (including phenoxy) is 1. The zero-order chi connectivity index (χ0) is 36.3. The molecular weight excluding hydrogens is 769 g/mol. The van der Waals surface area contributed by atoms with Crippen molar-refractivity contribution in [2.45, 2.75) is 128 Å². The number of hydrogen-bond donors (Lipinski definition) is 0. The van der Waals surface area contributed by atoms with Gasteiger partial charge in [-0.3, -0.25) is 4.90 Å². The third-order valence-corrected chi connectivity index (χ3v) is 16.8. The van der Waals surface area contributed by atoms with E-state index in [0.717, 1.165) is 23.7 Å². The Hall–Kier alpha value is 0.410. The summed E-state index contributed by atoms with van der Waals surface area (Å²) < 4.78 is 8.97. The topological polar surface area (TPSA) is 31.9 Å². The summed E-state index contributed by atoms with van der Waals surface area (Å²) in [5, 5.41) is 0. The molecular formula is C44H80IN7O. The maximum absolute atomic E-state index is 6.55. The molecule has 2 spiro atoms. The van der Waals surface area contributed by atoms with Crippen LogP contribution in [0.3, 0.4) is 0 Å². The van der Waals surface area contributed by atoms with Crippen LogP contribution in [0.1, 0.15) is 110 Å². The summed E-state index contributed by atoms with van der Waals surface area (Å²) in [6.07, 6.45) is 21.9. The van der Waals surface area contributed by atoms with Crippen molar-refractivity contribution in [2.75, 3.05) is 124 Å². The van der Waals surface area contributed by atoms with Crippen molar-refractivity contribution in [1.82, 2.24) is 32.5 Å². The van der Waals surface area contributed by atoms with Crippen LogP contribution in [0.15, 0.2) is 0 Å². The first-order valence-corrected chi connectivity index (χ1v) is 24.2. The highest BCUT2D eigenvalue weighted by Gasteiger charge is 2.51. The van der Waals surface area contributed by atoms with Crippen LogP contribution < -0.4 is 0 Å². The maximum Gasteiger partial charge on any atom is 0.0603 e. The molecule has 6 heterocycles. The molecule has 0 amide bonds. The van der Waals surface area contributed by atoms with Gasteiger partial charge in [0.15, 0.2) is 0 Å². The molecule has 0 radical (unpaired) electrons. The second-order valence-electron chi connectivity index (χ2n) is 20.6. The largest absolute Gasteiger partial charge is 0.375 e. The molecule has 1 unspecified atom stereocenters. The molecule has 0 aromatic rings. The predicted molar refractivity (Wildman–Crippen MR) is 228 cm³/mol. The van der Waals surface area contributed by atoms with Gasteiger partial charge in [0.05, 0.1) is 12.2 Å². The molecule has 8 fully saturated rings. The van der Waals surface area contributed by atoms with Crippen LogP contribution >= 0.6 is 22.9 Å². The van der Waals surface area contributed by atoms with E-state index < -0.39 is 0 Å². The van der Waals surface area contributed by atoms with E-state index in [0.29, 0.717) is 23.2 Å². The number of likely N-dealkylation sites (tertiary alicyclic amines) is 4. The third-order valence-electron chi connectivity index (χ3n) is 15.8.